The van der Waals surface area contributed by atoms with Crippen molar-refractivity contribution in [1.82, 2.24) is 5.32 Å². The number of carbonyl (C=O) groups excluding carboxylic acids is 2. The summed E-state index contributed by atoms with van der Waals surface area (Å²) in [6.45, 7) is 10.6. The molecular formula is C28H42N2O2S. The first-order chi connectivity index (χ1) is 15.8. The van der Waals surface area contributed by atoms with Crippen molar-refractivity contribution in [3.63, 3.8) is 0 Å². The van der Waals surface area contributed by atoms with Crippen LogP contribution in [0.4, 0.5) is 5.69 Å². The summed E-state index contributed by atoms with van der Waals surface area (Å²) in [6.07, 6.45) is 13.1. The zero-order valence-electron chi connectivity index (χ0n) is 20.8. The molecule has 0 saturated heterocycles. The lowest BCUT2D eigenvalue weighted by molar-refractivity contribution is -0.127. The van der Waals surface area contributed by atoms with E-state index >= 15 is 0 Å². The lowest BCUT2D eigenvalue weighted by atomic mass is 9.68. The number of amides is 1. The van der Waals surface area contributed by atoms with Gasteiger partial charge in [-0.25, -0.2) is 0 Å². The number of hydrogen-bond donors (Lipinski definition) is 2. The number of para-hydroxylation sites is 1. The van der Waals surface area contributed by atoms with Crippen LogP contribution in [-0.4, -0.2) is 16.6 Å². The first-order valence-corrected chi connectivity index (χ1v) is 13.6. The molecule has 0 spiro atoms. The molecule has 0 aliphatic heterocycles. The first kappa shape index (κ1) is 25.9. The molecule has 2 N–H and O–H groups in total. The van der Waals surface area contributed by atoms with Crippen molar-refractivity contribution < 1.29 is 9.59 Å². The molecule has 1 aromatic rings. The number of anilines is 1. The normalized spacial score (nSPS) is 19.6. The summed E-state index contributed by atoms with van der Waals surface area (Å²) in [6, 6.07) is 8.04. The first-order valence-electron chi connectivity index (χ1n) is 12.8. The Kier molecular flexibility index (Phi) is 9.09. The number of thioether (sulfide) groups is 1. The van der Waals surface area contributed by atoms with Gasteiger partial charge in [-0.15, -0.1) is 0 Å². The molecule has 3 rings (SSSR count). The molecule has 0 aromatic heterocycles. The summed E-state index contributed by atoms with van der Waals surface area (Å²) in [5.74, 6) is 0.549. The summed E-state index contributed by atoms with van der Waals surface area (Å²) in [5.41, 5.74) is 1.42. The van der Waals surface area contributed by atoms with E-state index < -0.39 is 5.54 Å². The van der Waals surface area contributed by atoms with Crippen molar-refractivity contribution in [3.05, 3.63) is 36.5 Å². The molecule has 2 aliphatic rings. The molecular weight excluding hydrogens is 428 g/mol. The molecule has 33 heavy (non-hydrogen) atoms. The van der Waals surface area contributed by atoms with Gasteiger partial charge in [-0.05, 0) is 61.9 Å². The van der Waals surface area contributed by atoms with Gasteiger partial charge in [0, 0.05) is 22.9 Å². The zero-order valence-corrected chi connectivity index (χ0v) is 21.6. The number of allylic oxidation sites excluding steroid dienone is 1. The highest BCUT2D eigenvalue weighted by molar-refractivity contribution is 8.14. The highest BCUT2D eigenvalue weighted by Gasteiger charge is 2.41. The molecule has 4 nitrogen and oxygen atoms in total. The Morgan fingerprint density at radius 3 is 2.21 bits per heavy atom. The van der Waals surface area contributed by atoms with E-state index in [0.717, 1.165) is 54.8 Å². The van der Waals surface area contributed by atoms with Crippen molar-refractivity contribution >= 4 is 28.5 Å². The molecule has 182 valence electrons. The molecule has 0 radical (unpaired) electrons. The van der Waals surface area contributed by atoms with Gasteiger partial charge in [0.25, 0.3) is 0 Å². The highest BCUT2D eigenvalue weighted by atomic mass is 32.2. The Labute approximate surface area is 204 Å². The molecule has 1 aromatic carbocycles. The third-order valence-corrected chi connectivity index (χ3v) is 8.69. The van der Waals surface area contributed by atoms with Gasteiger partial charge in [0.05, 0.1) is 5.69 Å². The number of carbonyl (C=O) groups is 2. The topological polar surface area (TPSA) is 58.2 Å². The number of hydrogen-bond acceptors (Lipinski definition) is 4. The second-order valence-electron chi connectivity index (χ2n) is 10.6. The second-order valence-corrected chi connectivity index (χ2v) is 11.6. The predicted molar refractivity (Wildman–Crippen MR) is 139 cm³/mol. The Hall–Kier alpha value is -1.75. The fourth-order valence-electron chi connectivity index (χ4n) is 5.52. The number of rotatable bonds is 9. The van der Waals surface area contributed by atoms with E-state index in [0.29, 0.717) is 5.92 Å². The van der Waals surface area contributed by atoms with E-state index in [-0.39, 0.29) is 16.4 Å². The smallest absolute Gasteiger partial charge is 0.219 e. The van der Waals surface area contributed by atoms with Crippen LogP contribution in [0.5, 0.6) is 0 Å². The van der Waals surface area contributed by atoms with Gasteiger partial charge >= 0.3 is 0 Å². The summed E-state index contributed by atoms with van der Waals surface area (Å²) < 4.78 is 0. The van der Waals surface area contributed by atoms with Crippen LogP contribution in [0.2, 0.25) is 0 Å². The van der Waals surface area contributed by atoms with Crippen LogP contribution < -0.4 is 10.6 Å². The predicted octanol–water partition coefficient (Wildman–Crippen LogP) is 7.46. The molecule has 2 aliphatic carbocycles. The van der Waals surface area contributed by atoms with Gasteiger partial charge < -0.3 is 10.6 Å². The number of nitrogens with one attached hydrogen (secondary N) is 2. The lowest BCUT2D eigenvalue weighted by Crippen LogP contribution is -2.54. The van der Waals surface area contributed by atoms with E-state index in [9.17, 15) is 9.59 Å². The molecule has 1 amide bonds. The van der Waals surface area contributed by atoms with Crippen molar-refractivity contribution in [3.8, 4) is 0 Å². The van der Waals surface area contributed by atoms with Gasteiger partial charge in [0.15, 0.2) is 0 Å². The van der Waals surface area contributed by atoms with Gasteiger partial charge in [-0.1, -0.05) is 77.5 Å². The van der Waals surface area contributed by atoms with Gasteiger partial charge in [-0.3, -0.25) is 9.59 Å². The highest BCUT2D eigenvalue weighted by Crippen LogP contribution is 2.47. The second kappa shape index (κ2) is 11.6. The summed E-state index contributed by atoms with van der Waals surface area (Å²) in [7, 11) is 0. The minimum absolute atomic E-state index is 0.0458. The van der Waals surface area contributed by atoms with Crippen LogP contribution in [-0.2, 0) is 9.59 Å². The summed E-state index contributed by atoms with van der Waals surface area (Å²) in [5, 5.41) is 6.71. The largest absolute Gasteiger partial charge is 0.358 e. The fourth-order valence-corrected chi connectivity index (χ4v) is 6.55. The summed E-state index contributed by atoms with van der Waals surface area (Å²) >= 11 is 1.27. The van der Waals surface area contributed by atoms with Crippen LogP contribution in [0.1, 0.15) is 97.8 Å². The van der Waals surface area contributed by atoms with Crippen molar-refractivity contribution in [2.24, 2.45) is 11.3 Å². The minimum atomic E-state index is -0.749. The quantitative estimate of drug-likeness (QED) is 0.368. The van der Waals surface area contributed by atoms with Crippen LogP contribution in [0.15, 0.2) is 41.4 Å². The molecule has 0 unspecified atom stereocenters. The average Bonchev–Trinajstić information content (AvgIpc) is 2.79. The molecule has 0 bridgehead atoms. The molecule has 2 saturated carbocycles. The van der Waals surface area contributed by atoms with Crippen LogP contribution >= 0.6 is 11.8 Å². The standard InChI is InChI=1S/C28H42N2O2S/c1-21(2)15-20-27(16-9-5-10-17-27)22(3)29-24-13-7-8-14-25(24)33-26(32)28(30-23(4)31)18-11-6-12-19-28/h7-8,13-14,21,29H,3,5-6,9-12,15-20H2,1-2,4H3,(H,30,31). The number of benzene rings is 1. The SMILES string of the molecule is C=C(Nc1ccccc1SC(=O)C1(NC(C)=O)CCCCC1)C1(CCC(C)C)CCCCC1. The van der Waals surface area contributed by atoms with E-state index in [1.54, 1.807) is 0 Å². The maximum atomic E-state index is 13.5. The zero-order chi connectivity index (χ0) is 23.9. The van der Waals surface area contributed by atoms with Crippen LogP contribution in [0, 0.1) is 11.3 Å². The Bertz CT molecular complexity index is 836. The maximum Gasteiger partial charge on any atom is 0.219 e. The van der Waals surface area contributed by atoms with Crippen LogP contribution in [0.3, 0.4) is 0 Å². The Morgan fingerprint density at radius 2 is 1.61 bits per heavy atom. The van der Waals surface area contributed by atoms with Crippen molar-refractivity contribution in [2.75, 3.05) is 5.32 Å². The van der Waals surface area contributed by atoms with Gasteiger partial charge in [-0.2, -0.15) is 0 Å². The van der Waals surface area contributed by atoms with E-state index in [1.165, 1.54) is 57.2 Å². The third kappa shape index (κ3) is 6.65. The van der Waals surface area contributed by atoms with E-state index in [1.807, 2.05) is 24.3 Å². The van der Waals surface area contributed by atoms with Crippen molar-refractivity contribution in [1.29, 1.82) is 0 Å². The Morgan fingerprint density at radius 1 is 1.00 bits per heavy atom. The van der Waals surface area contributed by atoms with E-state index in [2.05, 4.69) is 31.1 Å². The molecule has 0 heterocycles. The van der Waals surface area contributed by atoms with Gasteiger partial charge in [0.2, 0.25) is 11.0 Å². The average molecular weight is 471 g/mol. The maximum absolute atomic E-state index is 13.5. The monoisotopic (exact) mass is 470 g/mol. The van der Waals surface area contributed by atoms with Crippen LogP contribution in [0.25, 0.3) is 0 Å². The lowest BCUT2D eigenvalue weighted by Gasteiger charge is -2.40. The minimum Gasteiger partial charge on any atom is -0.358 e. The molecule has 0 atom stereocenters. The Balaban J connectivity index is 1.78. The molecule has 5 heteroatoms. The fraction of sp³-hybridized carbons (Fsp3) is 0.643. The van der Waals surface area contributed by atoms with Gasteiger partial charge in [0.1, 0.15) is 5.54 Å². The van der Waals surface area contributed by atoms with E-state index in [4.69, 9.17) is 0 Å². The van der Waals surface area contributed by atoms with Crippen molar-refractivity contribution in [2.45, 2.75) is 108 Å². The third-order valence-electron chi connectivity index (χ3n) is 7.54. The molecule has 2 fully saturated rings. The summed E-state index contributed by atoms with van der Waals surface area (Å²) in [4.78, 5) is 26.3.